The van der Waals surface area contributed by atoms with E-state index in [9.17, 15) is 0 Å². The molecule has 0 fully saturated rings. The van der Waals surface area contributed by atoms with E-state index in [1.165, 1.54) is 5.56 Å². The molecule has 0 N–H and O–H groups in total. The van der Waals surface area contributed by atoms with Crippen LogP contribution < -0.4 is 0 Å². The first-order chi connectivity index (χ1) is 8.59. The van der Waals surface area contributed by atoms with Crippen molar-refractivity contribution < 1.29 is 13.6 Å². The fourth-order valence-electron chi connectivity index (χ4n) is 1.62. The van der Waals surface area contributed by atoms with Gasteiger partial charge in [-0.1, -0.05) is 30.3 Å². The van der Waals surface area contributed by atoms with Crippen LogP contribution in [0.4, 0.5) is 0 Å². The van der Waals surface area contributed by atoms with Crippen molar-refractivity contribution in [3.05, 3.63) is 35.9 Å². The topological polar surface area (TPSA) is 27.7 Å². The molecule has 0 saturated heterocycles. The minimum Gasteiger partial charge on any atom is -0.309 e. The van der Waals surface area contributed by atoms with Crippen molar-refractivity contribution in [1.82, 2.24) is 0 Å². The standard InChI is InChI=1S/C13H21O3PS/c1-4-14-17(18,15-5-2)16-12(3)11-13-9-7-6-8-10-13/h6-10,12H,4-5,11H2,1-3H3. The van der Waals surface area contributed by atoms with Crippen LogP contribution in [0.3, 0.4) is 0 Å². The maximum absolute atomic E-state index is 5.80. The summed E-state index contributed by atoms with van der Waals surface area (Å²) < 4.78 is 16.7. The molecule has 18 heavy (non-hydrogen) atoms. The molecule has 3 nitrogen and oxygen atoms in total. The summed E-state index contributed by atoms with van der Waals surface area (Å²) in [5.74, 6) is 0. The minimum atomic E-state index is -2.58. The SMILES string of the molecule is CCOP(=S)(OCC)OC(C)Cc1ccccc1. The zero-order valence-electron chi connectivity index (χ0n) is 11.2. The smallest absolute Gasteiger partial charge is 0.309 e. The minimum absolute atomic E-state index is 0.0173. The lowest BCUT2D eigenvalue weighted by Crippen LogP contribution is -2.12. The third-order valence-corrected chi connectivity index (χ3v) is 4.91. The van der Waals surface area contributed by atoms with Gasteiger partial charge in [-0.2, -0.15) is 0 Å². The molecule has 0 amide bonds. The van der Waals surface area contributed by atoms with E-state index in [0.717, 1.165) is 6.42 Å². The van der Waals surface area contributed by atoms with Gasteiger partial charge in [0.25, 0.3) is 0 Å². The Balaban J connectivity index is 2.56. The van der Waals surface area contributed by atoms with Gasteiger partial charge in [0.2, 0.25) is 0 Å². The van der Waals surface area contributed by atoms with Gasteiger partial charge < -0.3 is 13.6 Å². The summed E-state index contributed by atoms with van der Waals surface area (Å²) in [7, 11) is 0. The Morgan fingerprint density at radius 1 is 1.11 bits per heavy atom. The molecule has 5 heteroatoms. The number of benzene rings is 1. The van der Waals surface area contributed by atoms with Crippen LogP contribution in [0.25, 0.3) is 0 Å². The number of rotatable bonds is 8. The Kier molecular flexibility index (Phi) is 7.05. The fourth-order valence-corrected chi connectivity index (χ4v) is 4.04. The highest BCUT2D eigenvalue weighted by Crippen LogP contribution is 2.50. The molecule has 1 unspecified atom stereocenters. The van der Waals surface area contributed by atoms with Crippen LogP contribution in [-0.2, 0) is 31.8 Å². The Bertz CT molecular complexity index is 373. The molecule has 1 aromatic carbocycles. The van der Waals surface area contributed by atoms with E-state index in [1.54, 1.807) is 0 Å². The van der Waals surface area contributed by atoms with Gasteiger partial charge in [0.15, 0.2) is 0 Å². The molecule has 0 aliphatic heterocycles. The Labute approximate surface area is 115 Å². The van der Waals surface area contributed by atoms with Gasteiger partial charge in [0.1, 0.15) is 0 Å². The fraction of sp³-hybridized carbons (Fsp3) is 0.538. The highest BCUT2D eigenvalue weighted by molar-refractivity contribution is 8.07. The molecule has 0 bridgehead atoms. The molecule has 1 rings (SSSR count). The van der Waals surface area contributed by atoms with Crippen molar-refractivity contribution in [1.29, 1.82) is 0 Å². The molecular weight excluding hydrogens is 267 g/mol. The molecule has 0 radical (unpaired) electrons. The largest absolute Gasteiger partial charge is 0.327 e. The van der Waals surface area contributed by atoms with Crippen LogP contribution in [0.1, 0.15) is 26.3 Å². The summed E-state index contributed by atoms with van der Waals surface area (Å²) in [6.07, 6.45) is 0.788. The quantitative estimate of drug-likeness (QED) is 0.677. The lowest BCUT2D eigenvalue weighted by Gasteiger charge is -2.24. The predicted octanol–water partition coefficient (Wildman–Crippen LogP) is 3.93. The zero-order valence-corrected chi connectivity index (χ0v) is 12.9. The maximum atomic E-state index is 5.80. The molecule has 0 aliphatic rings. The molecule has 0 saturated carbocycles. The van der Waals surface area contributed by atoms with Crippen LogP contribution >= 0.6 is 6.72 Å². The van der Waals surface area contributed by atoms with Gasteiger partial charge in [-0.25, -0.2) is 0 Å². The predicted molar refractivity (Wildman–Crippen MR) is 78.2 cm³/mol. The third kappa shape index (κ3) is 5.59. The van der Waals surface area contributed by atoms with Crippen molar-refractivity contribution in [2.24, 2.45) is 0 Å². The van der Waals surface area contributed by atoms with E-state index >= 15 is 0 Å². The van der Waals surface area contributed by atoms with Crippen molar-refractivity contribution in [2.45, 2.75) is 33.3 Å². The van der Waals surface area contributed by atoms with E-state index < -0.39 is 6.72 Å². The summed E-state index contributed by atoms with van der Waals surface area (Å²) in [6, 6.07) is 10.2. The van der Waals surface area contributed by atoms with Crippen molar-refractivity contribution in [3.8, 4) is 0 Å². The van der Waals surface area contributed by atoms with E-state index in [2.05, 4.69) is 12.1 Å². The molecular formula is C13H21O3PS. The Morgan fingerprint density at radius 2 is 1.67 bits per heavy atom. The van der Waals surface area contributed by atoms with Gasteiger partial charge in [0.05, 0.1) is 19.3 Å². The van der Waals surface area contributed by atoms with Crippen LogP contribution in [0.5, 0.6) is 0 Å². The summed E-state index contributed by atoms with van der Waals surface area (Å²) in [5, 5.41) is 0. The molecule has 102 valence electrons. The first-order valence-corrected chi connectivity index (χ1v) is 8.76. The Hall–Kier alpha value is -0.250. The second-order valence-corrected chi connectivity index (χ2v) is 6.85. The van der Waals surface area contributed by atoms with Crippen LogP contribution in [0.15, 0.2) is 30.3 Å². The van der Waals surface area contributed by atoms with Crippen molar-refractivity contribution in [2.75, 3.05) is 13.2 Å². The molecule has 0 heterocycles. The summed E-state index contributed by atoms with van der Waals surface area (Å²) >= 11 is 5.34. The van der Waals surface area contributed by atoms with Crippen molar-refractivity contribution in [3.63, 3.8) is 0 Å². The first-order valence-electron chi connectivity index (χ1n) is 6.21. The van der Waals surface area contributed by atoms with Gasteiger partial charge in [0, 0.05) is 0 Å². The molecule has 0 aromatic heterocycles. The zero-order chi connectivity index (χ0) is 13.4. The van der Waals surface area contributed by atoms with Gasteiger partial charge >= 0.3 is 6.72 Å². The molecule has 0 aliphatic carbocycles. The lowest BCUT2D eigenvalue weighted by atomic mass is 10.1. The first kappa shape index (κ1) is 15.8. The molecule has 0 spiro atoms. The third-order valence-electron chi connectivity index (χ3n) is 2.25. The number of hydrogen-bond donors (Lipinski definition) is 0. The normalized spacial score (nSPS) is 13.5. The van der Waals surface area contributed by atoms with Crippen molar-refractivity contribution >= 4 is 18.5 Å². The van der Waals surface area contributed by atoms with E-state index in [0.29, 0.717) is 13.2 Å². The second-order valence-electron chi connectivity index (χ2n) is 3.89. The number of hydrogen-bond acceptors (Lipinski definition) is 4. The van der Waals surface area contributed by atoms with Crippen LogP contribution in [0, 0.1) is 0 Å². The van der Waals surface area contributed by atoms with Gasteiger partial charge in [-0.3, -0.25) is 0 Å². The highest BCUT2D eigenvalue weighted by Gasteiger charge is 2.22. The average molecular weight is 288 g/mol. The highest BCUT2D eigenvalue weighted by atomic mass is 32.5. The van der Waals surface area contributed by atoms with Crippen LogP contribution in [-0.4, -0.2) is 19.3 Å². The maximum Gasteiger partial charge on any atom is 0.327 e. The van der Waals surface area contributed by atoms with E-state index in [1.807, 2.05) is 39.0 Å². The Morgan fingerprint density at radius 3 is 2.17 bits per heavy atom. The average Bonchev–Trinajstić information content (AvgIpc) is 2.30. The molecule has 1 aromatic rings. The monoisotopic (exact) mass is 288 g/mol. The summed E-state index contributed by atoms with van der Waals surface area (Å²) in [5.41, 5.74) is 1.22. The summed E-state index contributed by atoms with van der Waals surface area (Å²) in [6.45, 7) is 4.22. The van der Waals surface area contributed by atoms with Gasteiger partial charge in [-0.15, -0.1) is 0 Å². The van der Waals surface area contributed by atoms with Gasteiger partial charge in [-0.05, 0) is 44.6 Å². The van der Waals surface area contributed by atoms with E-state index in [-0.39, 0.29) is 6.10 Å². The lowest BCUT2D eigenvalue weighted by molar-refractivity contribution is 0.130. The molecule has 1 atom stereocenters. The summed E-state index contributed by atoms with van der Waals surface area (Å²) in [4.78, 5) is 0. The van der Waals surface area contributed by atoms with E-state index in [4.69, 9.17) is 25.4 Å². The van der Waals surface area contributed by atoms with Crippen LogP contribution in [0.2, 0.25) is 0 Å². The second kappa shape index (κ2) is 8.03.